The van der Waals surface area contributed by atoms with Gasteiger partial charge >= 0.3 is 6.03 Å². The molecule has 0 saturated heterocycles. The van der Waals surface area contributed by atoms with Crippen molar-refractivity contribution in [3.63, 3.8) is 0 Å². The van der Waals surface area contributed by atoms with E-state index in [0.29, 0.717) is 11.1 Å². The van der Waals surface area contributed by atoms with Crippen LogP contribution in [0.2, 0.25) is 0 Å². The third kappa shape index (κ3) is 3.83. The standard InChI is InChI=1S/C20H20N2O3/c1-2-14-7-3-4-12-19(14)25-13-21-20(24)22-17-10-5-9-16-15(17)8-6-11-18(16)23/h3-12,23H,2,13H2,1H3,(H2,21,22,24). The van der Waals surface area contributed by atoms with Gasteiger partial charge < -0.3 is 20.5 Å². The number of aromatic hydroxyl groups is 1. The van der Waals surface area contributed by atoms with E-state index >= 15 is 0 Å². The van der Waals surface area contributed by atoms with E-state index in [1.165, 1.54) is 0 Å². The zero-order valence-electron chi connectivity index (χ0n) is 14.0. The number of phenolic OH excluding ortho intramolecular Hbond substituents is 1. The van der Waals surface area contributed by atoms with Crippen LogP contribution >= 0.6 is 0 Å². The van der Waals surface area contributed by atoms with E-state index < -0.39 is 0 Å². The predicted octanol–water partition coefficient (Wildman–Crippen LogP) is 4.27. The van der Waals surface area contributed by atoms with Gasteiger partial charge in [-0.3, -0.25) is 0 Å². The van der Waals surface area contributed by atoms with E-state index in [-0.39, 0.29) is 18.5 Å². The fraction of sp³-hybridized carbons (Fsp3) is 0.150. The first-order valence-corrected chi connectivity index (χ1v) is 8.15. The molecule has 3 rings (SSSR count). The molecule has 0 bridgehead atoms. The summed E-state index contributed by atoms with van der Waals surface area (Å²) in [7, 11) is 0. The van der Waals surface area contributed by atoms with E-state index in [2.05, 4.69) is 17.6 Å². The van der Waals surface area contributed by atoms with Gasteiger partial charge in [0.1, 0.15) is 11.5 Å². The van der Waals surface area contributed by atoms with Gasteiger partial charge in [0.15, 0.2) is 6.73 Å². The molecule has 128 valence electrons. The van der Waals surface area contributed by atoms with Crippen LogP contribution in [0.1, 0.15) is 12.5 Å². The molecule has 0 unspecified atom stereocenters. The third-order valence-electron chi connectivity index (χ3n) is 3.96. The number of urea groups is 1. The van der Waals surface area contributed by atoms with E-state index in [4.69, 9.17) is 4.74 Å². The zero-order valence-corrected chi connectivity index (χ0v) is 14.0. The average Bonchev–Trinajstić information content (AvgIpc) is 2.63. The van der Waals surface area contributed by atoms with Gasteiger partial charge in [-0.2, -0.15) is 0 Å². The Bertz CT molecular complexity index is 893. The Hall–Kier alpha value is -3.21. The largest absolute Gasteiger partial charge is 0.507 e. The lowest BCUT2D eigenvalue weighted by molar-refractivity contribution is 0.234. The molecule has 2 amide bonds. The van der Waals surface area contributed by atoms with E-state index in [9.17, 15) is 9.90 Å². The summed E-state index contributed by atoms with van der Waals surface area (Å²) in [4.78, 5) is 12.1. The summed E-state index contributed by atoms with van der Waals surface area (Å²) in [5.74, 6) is 0.946. The van der Waals surface area contributed by atoms with Gasteiger partial charge in [-0.05, 0) is 30.2 Å². The van der Waals surface area contributed by atoms with Crippen LogP contribution in [0.4, 0.5) is 10.5 Å². The number of nitrogens with one attached hydrogen (secondary N) is 2. The molecule has 0 saturated carbocycles. The van der Waals surface area contributed by atoms with Crippen LogP contribution in [0.15, 0.2) is 60.7 Å². The topological polar surface area (TPSA) is 70.6 Å². The van der Waals surface area contributed by atoms with Crippen LogP contribution in [0.5, 0.6) is 11.5 Å². The molecule has 0 spiro atoms. The van der Waals surface area contributed by atoms with Gasteiger partial charge in [-0.25, -0.2) is 4.79 Å². The summed E-state index contributed by atoms with van der Waals surface area (Å²) in [5.41, 5.74) is 1.72. The molecule has 0 heterocycles. The Labute approximate surface area is 146 Å². The third-order valence-corrected chi connectivity index (χ3v) is 3.96. The summed E-state index contributed by atoms with van der Waals surface area (Å²) in [6.07, 6.45) is 0.863. The van der Waals surface area contributed by atoms with Crippen molar-refractivity contribution in [3.05, 3.63) is 66.2 Å². The van der Waals surface area contributed by atoms with Crippen molar-refractivity contribution in [1.29, 1.82) is 0 Å². The highest BCUT2D eigenvalue weighted by molar-refractivity contribution is 6.03. The van der Waals surface area contributed by atoms with Gasteiger partial charge in [0, 0.05) is 10.8 Å². The molecule has 3 N–H and O–H groups in total. The van der Waals surface area contributed by atoms with E-state index in [0.717, 1.165) is 23.1 Å². The van der Waals surface area contributed by atoms with Crippen molar-refractivity contribution in [2.75, 3.05) is 12.0 Å². The van der Waals surface area contributed by atoms with Gasteiger partial charge in [-0.1, -0.05) is 49.4 Å². The zero-order chi connectivity index (χ0) is 17.6. The van der Waals surface area contributed by atoms with E-state index in [1.807, 2.05) is 30.3 Å². The first-order chi connectivity index (χ1) is 12.2. The number of para-hydroxylation sites is 1. The number of ether oxygens (including phenoxy) is 1. The molecule has 0 aliphatic rings. The Morgan fingerprint density at radius 3 is 2.60 bits per heavy atom. The Morgan fingerprint density at radius 2 is 1.76 bits per heavy atom. The molecular weight excluding hydrogens is 316 g/mol. The van der Waals surface area contributed by atoms with Crippen molar-refractivity contribution in [2.45, 2.75) is 13.3 Å². The Morgan fingerprint density at radius 1 is 1.00 bits per heavy atom. The van der Waals surface area contributed by atoms with Crippen molar-refractivity contribution >= 4 is 22.5 Å². The van der Waals surface area contributed by atoms with Crippen molar-refractivity contribution < 1.29 is 14.6 Å². The minimum atomic E-state index is -0.371. The van der Waals surface area contributed by atoms with Crippen LogP contribution in [0, 0.1) is 0 Å². The number of hydrogen-bond acceptors (Lipinski definition) is 3. The second-order valence-electron chi connectivity index (χ2n) is 5.56. The molecule has 3 aromatic rings. The van der Waals surface area contributed by atoms with Gasteiger partial charge in [0.2, 0.25) is 0 Å². The maximum Gasteiger partial charge on any atom is 0.321 e. The highest BCUT2D eigenvalue weighted by Crippen LogP contribution is 2.29. The molecule has 0 aliphatic heterocycles. The minimum Gasteiger partial charge on any atom is -0.507 e. The maximum absolute atomic E-state index is 12.1. The number of hydrogen-bond donors (Lipinski definition) is 3. The number of rotatable bonds is 5. The summed E-state index contributed by atoms with van der Waals surface area (Å²) >= 11 is 0. The second-order valence-corrected chi connectivity index (χ2v) is 5.56. The van der Waals surface area contributed by atoms with Crippen LogP contribution in [-0.2, 0) is 6.42 Å². The molecule has 0 fully saturated rings. The molecular formula is C20H20N2O3. The second kappa shape index (κ2) is 7.57. The predicted molar refractivity (Wildman–Crippen MR) is 99.1 cm³/mol. The monoisotopic (exact) mass is 336 g/mol. The fourth-order valence-corrected chi connectivity index (χ4v) is 2.68. The molecule has 0 aromatic heterocycles. The normalized spacial score (nSPS) is 10.4. The van der Waals surface area contributed by atoms with Gasteiger partial charge in [-0.15, -0.1) is 0 Å². The van der Waals surface area contributed by atoms with Crippen molar-refractivity contribution in [1.82, 2.24) is 5.32 Å². The Balaban J connectivity index is 1.63. The van der Waals surface area contributed by atoms with E-state index in [1.54, 1.807) is 30.3 Å². The first-order valence-electron chi connectivity index (χ1n) is 8.15. The summed E-state index contributed by atoms with van der Waals surface area (Å²) in [6, 6.07) is 17.9. The molecule has 0 atom stereocenters. The highest BCUT2D eigenvalue weighted by atomic mass is 16.5. The lowest BCUT2D eigenvalue weighted by atomic mass is 10.1. The SMILES string of the molecule is CCc1ccccc1OCNC(=O)Nc1cccc2c(O)cccc12. The lowest BCUT2D eigenvalue weighted by Crippen LogP contribution is -2.32. The molecule has 25 heavy (non-hydrogen) atoms. The van der Waals surface area contributed by atoms with Gasteiger partial charge in [0.25, 0.3) is 0 Å². The first kappa shape index (κ1) is 16.6. The highest BCUT2D eigenvalue weighted by Gasteiger charge is 2.08. The minimum absolute atomic E-state index is 0.0683. The summed E-state index contributed by atoms with van der Waals surface area (Å²) in [5, 5.41) is 16.8. The molecule has 5 nitrogen and oxygen atoms in total. The average molecular weight is 336 g/mol. The maximum atomic E-state index is 12.1. The smallest absolute Gasteiger partial charge is 0.321 e. The number of carbonyl (C=O) groups is 1. The molecule has 0 radical (unpaired) electrons. The number of fused-ring (bicyclic) bond motifs is 1. The molecule has 5 heteroatoms. The number of amides is 2. The van der Waals surface area contributed by atoms with Crippen LogP contribution in [0.25, 0.3) is 10.8 Å². The lowest BCUT2D eigenvalue weighted by Gasteiger charge is -2.13. The number of phenols is 1. The molecule has 3 aromatic carbocycles. The number of benzene rings is 3. The van der Waals surface area contributed by atoms with Gasteiger partial charge in [0.05, 0.1) is 5.69 Å². The fourth-order valence-electron chi connectivity index (χ4n) is 2.68. The molecule has 0 aliphatic carbocycles. The number of aryl methyl sites for hydroxylation is 1. The summed E-state index contributed by atoms with van der Waals surface area (Å²) in [6.45, 7) is 2.12. The quantitative estimate of drug-likeness (QED) is 0.610. The van der Waals surface area contributed by atoms with Crippen LogP contribution in [0.3, 0.4) is 0 Å². The van der Waals surface area contributed by atoms with Crippen LogP contribution < -0.4 is 15.4 Å². The van der Waals surface area contributed by atoms with Crippen LogP contribution in [-0.4, -0.2) is 17.9 Å². The van der Waals surface area contributed by atoms with Crippen molar-refractivity contribution in [3.8, 4) is 11.5 Å². The van der Waals surface area contributed by atoms with Crippen molar-refractivity contribution in [2.24, 2.45) is 0 Å². The number of anilines is 1. The Kier molecular flexibility index (Phi) is 5.04. The number of carbonyl (C=O) groups excluding carboxylic acids is 1. The summed E-state index contributed by atoms with van der Waals surface area (Å²) < 4.78 is 5.63.